The lowest BCUT2D eigenvalue weighted by Crippen LogP contribution is -2.45. The highest BCUT2D eigenvalue weighted by Gasteiger charge is 2.28. The van der Waals surface area contributed by atoms with E-state index in [1.54, 1.807) is 0 Å². The minimum Gasteiger partial charge on any atom is -0.481 e. The van der Waals surface area contributed by atoms with Crippen LogP contribution in [0.15, 0.2) is 12.2 Å². The van der Waals surface area contributed by atoms with Crippen molar-refractivity contribution >= 4 is 11.9 Å². The molecular formula is C11H19NO5. The lowest BCUT2D eigenvalue weighted by molar-refractivity contribution is -0.204. The summed E-state index contributed by atoms with van der Waals surface area (Å²) >= 11 is 0. The predicted molar refractivity (Wildman–Crippen MR) is 61.4 cm³/mol. The molecule has 0 aliphatic rings. The number of hydrogen-bond donors (Lipinski definition) is 2. The Hall–Kier alpha value is -1.40. The Labute approximate surface area is 101 Å². The summed E-state index contributed by atoms with van der Waals surface area (Å²) in [5, 5.41) is 11.0. The Bertz CT molecular complexity index is 288. The zero-order valence-electron chi connectivity index (χ0n) is 10.4. The van der Waals surface area contributed by atoms with E-state index >= 15 is 0 Å². The number of rotatable bonds is 8. The fourth-order valence-corrected chi connectivity index (χ4v) is 1.24. The van der Waals surface area contributed by atoms with Gasteiger partial charge in [-0.15, -0.1) is 0 Å². The quantitative estimate of drug-likeness (QED) is 0.481. The highest BCUT2D eigenvalue weighted by Crippen LogP contribution is 2.14. The summed E-state index contributed by atoms with van der Waals surface area (Å²) in [5.41, 5.74) is -0.00490. The van der Waals surface area contributed by atoms with E-state index in [2.05, 4.69) is 11.9 Å². The van der Waals surface area contributed by atoms with Crippen LogP contribution in [0.2, 0.25) is 0 Å². The van der Waals surface area contributed by atoms with Gasteiger partial charge in [0.15, 0.2) is 5.79 Å². The topological polar surface area (TPSA) is 84.9 Å². The zero-order chi connectivity index (χ0) is 13.5. The second-order valence-electron chi connectivity index (χ2n) is 3.53. The third-order valence-electron chi connectivity index (χ3n) is 2.49. The molecule has 0 spiro atoms. The van der Waals surface area contributed by atoms with Gasteiger partial charge >= 0.3 is 5.97 Å². The maximum Gasteiger partial charge on any atom is 0.308 e. The molecule has 6 nitrogen and oxygen atoms in total. The van der Waals surface area contributed by atoms with Crippen molar-refractivity contribution in [3.8, 4) is 0 Å². The number of carbonyl (C=O) groups excluding carboxylic acids is 1. The molecule has 0 aliphatic heterocycles. The highest BCUT2D eigenvalue weighted by molar-refractivity contribution is 5.96. The summed E-state index contributed by atoms with van der Waals surface area (Å²) in [7, 11) is 2.95. The molecule has 0 aliphatic carbocycles. The highest BCUT2D eigenvalue weighted by atomic mass is 16.7. The van der Waals surface area contributed by atoms with Gasteiger partial charge in [-0.3, -0.25) is 9.59 Å². The summed E-state index contributed by atoms with van der Waals surface area (Å²) in [6, 6.07) is 0. The first-order valence-electron chi connectivity index (χ1n) is 5.19. The molecule has 17 heavy (non-hydrogen) atoms. The number of methoxy groups -OCH3 is 2. The van der Waals surface area contributed by atoms with Gasteiger partial charge in [0.25, 0.3) is 0 Å². The molecule has 0 heterocycles. The average Bonchev–Trinajstić information content (AvgIpc) is 2.30. The van der Waals surface area contributed by atoms with Gasteiger partial charge in [-0.05, 0) is 0 Å². The smallest absolute Gasteiger partial charge is 0.308 e. The van der Waals surface area contributed by atoms with E-state index in [1.807, 2.05) is 6.92 Å². The largest absolute Gasteiger partial charge is 0.481 e. The number of aliphatic carboxylic acids is 1. The lowest BCUT2D eigenvalue weighted by Gasteiger charge is -2.29. The van der Waals surface area contributed by atoms with Crippen molar-refractivity contribution < 1.29 is 24.2 Å². The first kappa shape index (κ1) is 15.6. The van der Waals surface area contributed by atoms with Crippen molar-refractivity contribution in [2.75, 3.05) is 20.8 Å². The second kappa shape index (κ2) is 7.03. The number of nitrogens with one attached hydrogen (secondary N) is 1. The number of hydrogen-bond acceptors (Lipinski definition) is 4. The molecule has 0 rings (SSSR count). The van der Waals surface area contributed by atoms with Crippen LogP contribution in [-0.4, -0.2) is 43.5 Å². The van der Waals surface area contributed by atoms with E-state index in [0.29, 0.717) is 6.42 Å². The first-order valence-corrected chi connectivity index (χ1v) is 5.19. The number of amides is 1. The molecule has 2 N–H and O–H groups in total. The molecule has 0 saturated carbocycles. The molecule has 0 fully saturated rings. The average molecular weight is 245 g/mol. The van der Waals surface area contributed by atoms with Crippen LogP contribution in [0.25, 0.3) is 0 Å². The predicted octanol–water partition coefficient (Wildman–Crippen LogP) is 0.533. The van der Waals surface area contributed by atoms with Crippen LogP contribution in [0.4, 0.5) is 0 Å². The Morgan fingerprint density at radius 3 is 2.24 bits per heavy atom. The third kappa shape index (κ3) is 4.97. The maximum absolute atomic E-state index is 11.5. The molecule has 0 bridgehead atoms. The maximum atomic E-state index is 11.5. The molecule has 98 valence electrons. The van der Waals surface area contributed by atoms with Crippen LogP contribution in [0.3, 0.4) is 0 Å². The van der Waals surface area contributed by atoms with Crippen molar-refractivity contribution in [1.29, 1.82) is 0 Å². The van der Waals surface area contributed by atoms with Crippen LogP contribution in [0, 0.1) is 0 Å². The minimum atomic E-state index is -1.09. The fraction of sp³-hybridized carbons (Fsp3) is 0.636. The Kier molecular flexibility index (Phi) is 6.45. The van der Waals surface area contributed by atoms with E-state index in [9.17, 15) is 9.59 Å². The van der Waals surface area contributed by atoms with Crippen LogP contribution in [0.1, 0.15) is 19.8 Å². The molecule has 1 amide bonds. The first-order chi connectivity index (χ1) is 7.90. The third-order valence-corrected chi connectivity index (χ3v) is 2.49. The van der Waals surface area contributed by atoms with Gasteiger partial charge < -0.3 is 19.9 Å². The second-order valence-corrected chi connectivity index (χ2v) is 3.53. The van der Waals surface area contributed by atoms with Gasteiger partial charge in [0.2, 0.25) is 5.91 Å². The SMILES string of the molecule is C=C(CC(=O)O)C(=O)NCC(CC)(OC)OC. The Balaban J connectivity index is 4.31. The normalized spacial score (nSPS) is 11.0. The fourth-order valence-electron chi connectivity index (χ4n) is 1.24. The van der Waals surface area contributed by atoms with Crippen molar-refractivity contribution in [1.82, 2.24) is 5.32 Å². The van der Waals surface area contributed by atoms with Gasteiger partial charge in [-0.1, -0.05) is 13.5 Å². The summed E-state index contributed by atoms with van der Waals surface area (Å²) in [6.07, 6.45) is 0.163. The number of carbonyl (C=O) groups is 2. The lowest BCUT2D eigenvalue weighted by atomic mass is 10.1. The summed E-state index contributed by atoms with van der Waals surface area (Å²) in [5.74, 6) is -2.50. The van der Waals surface area contributed by atoms with Crippen LogP contribution in [0.5, 0.6) is 0 Å². The molecule has 0 atom stereocenters. The van der Waals surface area contributed by atoms with Gasteiger partial charge in [-0.2, -0.15) is 0 Å². The number of carboxylic acids is 1. The van der Waals surface area contributed by atoms with Crippen molar-refractivity contribution in [2.24, 2.45) is 0 Å². The molecule has 0 radical (unpaired) electrons. The van der Waals surface area contributed by atoms with Gasteiger partial charge in [0, 0.05) is 26.2 Å². The summed E-state index contributed by atoms with van der Waals surface area (Å²) in [4.78, 5) is 21.9. The van der Waals surface area contributed by atoms with Crippen LogP contribution in [-0.2, 0) is 19.1 Å². The van der Waals surface area contributed by atoms with Crippen molar-refractivity contribution in [3.63, 3.8) is 0 Å². The van der Waals surface area contributed by atoms with Gasteiger partial charge in [0.1, 0.15) is 0 Å². The Morgan fingerprint density at radius 1 is 1.35 bits per heavy atom. The zero-order valence-corrected chi connectivity index (χ0v) is 10.4. The van der Waals surface area contributed by atoms with Gasteiger partial charge in [-0.25, -0.2) is 0 Å². The monoisotopic (exact) mass is 245 g/mol. The molecule has 0 saturated heterocycles. The standard InChI is InChI=1S/C11H19NO5/c1-5-11(16-3,17-4)7-12-10(15)8(2)6-9(13)14/h2,5-7H2,1,3-4H3,(H,12,15)(H,13,14). The molecule has 0 aromatic carbocycles. The van der Waals surface area contributed by atoms with E-state index in [1.165, 1.54) is 14.2 Å². The van der Waals surface area contributed by atoms with E-state index in [4.69, 9.17) is 14.6 Å². The van der Waals surface area contributed by atoms with E-state index < -0.39 is 17.7 Å². The van der Waals surface area contributed by atoms with Gasteiger partial charge in [0.05, 0.1) is 13.0 Å². The number of ether oxygens (including phenoxy) is 2. The minimum absolute atomic E-state index is 0.00490. The van der Waals surface area contributed by atoms with E-state index in [-0.39, 0.29) is 18.5 Å². The van der Waals surface area contributed by atoms with Crippen molar-refractivity contribution in [2.45, 2.75) is 25.6 Å². The number of carboxylic acid groups (broad SMARTS) is 1. The molecular weight excluding hydrogens is 226 g/mol. The van der Waals surface area contributed by atoms with Crippen LogP contribution >= 0.6 is 0 Å². The molecule has 6 heteroatoms. The summed E-state index contributed by atoms with van der Waals surface area (Å²) in [6.45, 7) is 5.38. The molecule has 0 aromatic heterocycles. The Morgan fingerprint density at radius 2 is 1.88 bits per heavy atom. The van der Waals surface area contributed by atoms with Crippen molar-refractivity contribution in [3.05, 3.63) is 12.2 Å². The van der Waals surface area contributed by atoms with Crippen LogP contribution < -0.4 is 5.32 Å². The summed E-state index contributed by atoms with van der Waals surface area (Å²) < 4.78 is 10.3. The molecule has 0 aromatic rings. The van der Waals surface area contributed by atoms with E-state index in [0.717, 1.165) is 0 Å². The molecule has 0 unspecified atom stereocenters.